The highest BCUT2D eigenvalue weighted by Gasteiger charge is 2.25. The van der Waals surface area contributed by atoms with E-state index in [2.05, 4.69) is 16.0 Å². The number of nitrogens with one attached hydrogen (secondary N) is 3. The minimum Gasteiger partial charge on any atom is -0.383 e. The highest BCUT2D eigenvalue weighted by atomic mass is 32.2. The number of nitrogens with zero attached hydrogens (tertiary/aromatic N) is 1. The number of thiophene rings is 1. The summed E-state index contributed by atoms with van der Waals surface area (Å²) >= 11 is 3.18. The molecule has 0 saturated carbocycles. The molecule has 4 aromatic rings. The third-order valence-corrected chi connectivity index (χ3v) is 9.39. The Morgan fingerprint density at radius 3 is 2.82 bits per heavy atom. The van der Waals surface area contributed by atoms with Gasteiger partial charge >= 0.3 is 0 Å². The molecule has 2 aromatic carbocycles. The molecule has 12 heteroatoms. The van der Waals surface area contributed by atoms with E-state index in [0.29, 0.717) is 26.1 Å². The van der Waals surface area contributed by atoms with Gasteiger partial charge in [0.25, 0.3) is 0 Å². The number of methoxy groups -OCH3 is 1. The molecule has 0 spiro atoms. The number of hydrogen-bond donors (Lipinski definition) is 4. The van der Waals surface area contributed by atoms with Crippen molar-refractivity contribution in [2.24, 2.45) is 5.14 Å². The number of rotatable bonds is 10. The van der Waals surface area contributed by atoms with Crippen molar-refractivity contribution >= 4 is 53.8 Å². The molecule has 0 aliphatic carbocycles. The number of amides is 1. The van der Waals surface area contributed by atoms with Crippen LogP contribution in [0.15, 0.2) is 47.4 Å². The number of benzene rings is 2. The largest absolute Gasteiger partial charge is 0.383 e. The molecule has 1 amide bonds. The van der Waals surface area contributed by atoms with Gasteiger partial charge in [-0.2, -0.15) is 0 Å². The Bertz CT molecular complexity index is 1580. The summed E-state index contributed by atoms with van der Waals surface area (Å²) in [5.74, 6) is -0.0409. The molecule has 0 atom stereocenters. The van der Waals surface area contributed by atoms with Crippen molar-refractivity contribution in [3.63, 3.8) is 0 Å². The lowest BCUT2D eigenvalue weighted by Gasteiger charge is -2.13. The zero-order valence-electron chi connectivity index (χ0n) is 20.9. The second-order valence-electron chi connectivity index (χ2n) is 8.95. The molecule has 0 radical (unpaired) electrons. The normalized spacial score (nSPS) is 13.5. The number of aromatic nitrogens is 1. The summed E-state index contributed by atoms with van der Waals surface area (Å²) in [5.41, 5.74) is 4.74. The molecular weight excluding hydrogens is 543 g/mol. The van der Waals surface area contributed by atoms with Crippen LogP contribution in [0, 0.1) is 0 Å². The Balaban J connectivity index is 1.45. The van der Waals surface area contributed by atoms with Crippen LogP contribution in [-0.2, 0) is 32.5 Å². The first-order valence-electron chi connectivity index (χ1n) is 12.2. The van der Waals surface area contributed by atoms with Crippen LogP contribution in [0.2, 0.25) is 0 Å². The lowest BCUT2D eigenvalue weighted by molar-refractivity contribution is -0.116. The number of fused-ring (bicyclic) bond motifs is 2. The number of hydrogen-bond acceptors (Lipinski definition) is 9. The minimum absolute atomic E-state index is 0.0409. The lowest BCUT2D eigenvalue weighted by Crippen LogP contribution is -2.24. The topological polar surface area (TPSA) is 135 Å². The molecule has 0 saturated heterocycles. The van der Waals surface area contributed by atoms with Crippen LogP contribution in [0.25, 0.3) is 31.9 Å². The second kappa shape index (κ2) is 11.6. The maximum atomic E-state index is 12.8. The molecule has 9 nitrogen and oxygen atoms in total. The van der Waals surface area contributed by atoms with Crippen LogP contribution < -0.4 is 21.1 Å². The van der Waals surface area contributed by atoms with Crippen LogP contribution in [0.4, 0.5) is 5.00 Å². The Morgan fingerprint density at radius 1 is 1.16 bits per heavy atom. The Kier molecular flexibility index (Phi) is 8.19. The molecule has 0 fully saturated rings. The quantitative estimate of drug-likeness (QED) is 0.214. The third-order valence-electron chi connectivity index (χ3n) is 6.29. The average Bonchev–Trinajstić information content (AvgIpc) is 3.48. The van der Waals surface area contributed by atoms with Crippen molar-refractivity contribution in [3.8, 4) is 21.7 Å². The number of sulfonamides is 1. The van der Waals surface area contributed by atoms with Gasteiger partial charge in [0.05, 0.1) is 21.7 Å². The smallest absolute Gasteiger partial charge is 0.238 e. The van der Waals surface area contributed by atoms with Crippen molar-refractivity contribution in [1.29, 1.82) is 0 Å². The Labute approximate surface area is 229 Å². The summed E-state index contributed by atoms with van der Waals surface area (Å²) < 4.78 is 29.6. The maximum absolute atomic E-state index is 12.8. The maximum Gasteiger partial charge on any atom is 0.238 e. The van der Waals surface area contributed by atoms with E-state index in [-0.39, 0.29) is 10.8 Å². The molecule has 2 aromatic heterocycles. The van der Waals surface area contributed by atoms with Gasteiger partial charge in [-0.05, 0) is 53.9 Å². The molecule has 38 heavy (non-hydrogen) atoms. The van der Waals surface area contributed by atoms with Crippen LogP contribution >= 0.6 is 22.7 Å². The molecule has 1 aliphatic heterocycles. The van der Waals surface area contributed by atoms with E-state index in [1.807, 2.05) is 24.3 Å². The van der Waals surface area contributed by atoms with E-state index >= 15 is 0 Å². The average molecular weight is 572 g/mol. The van der Waals surface area contributed by atoms with Crippen molar-refractivity contribution in [2.75, 3.05) is 38.7 Å². The fourth-order valence-electron chi connectivity index (χ4n) is 4.40. The monoisotopic (exact) mass is 571 g/mol. The highest BCUT2D eigenvalue weighted by molar-refractivity contribution is 7.89. The van der Waals surface area contributed by atoms with Crippen LogP contribution in [-0.4, -0.2) is 52.7 Å². The molecule has 5 rings (SSSR count). The number of anilines is 1. The first-order chi connectivity index (χ1) is 18.3. The van der Waals surface area contributed by atoms with Crippen molar-refractivity contribution < 1.29 is 17.9 Å². The molecule has 0 bridgehead atoms. The molecule has 5 N–H and O–H groups in total. The van der Waals surface area contributed by atoms with Gasteiger partial charge in [0, 0.05) is 43.6 Å². The lowest BCUT2D eigenvalue weighted by atomic mass is 10.0. The number of primary sulfonamides is 1. The SMILES string of the molecule is COCCNCCC(=O)Nc1sc2c(c1-c1nc3ccc(-c4cccc(S(N)(=O)=O)c4)cc3s1)CCNC2. The number of carbonyl (C=O) groups is 1. The van der Waals surface area contributed by atoms with Gasteiger partial charge in [-0.15, -0.1) is 22.7 Å². The van der Waals surface area contributed by atoms with Crippen molar-refractivity contribution in [3.05, 3.63) is 52.9 Å². The third kappa shape index (κ3) is 5.96. The van der Waals surface area contributed by atoms with E-state index < -0.39 is 10.0 Å². The van der Waals surface area contributed by atoms with Crippen LogP contribution in [0.5, 0.6) is 0 Å². The first kappa shape index (κ1) is 26.9. The Morgan fingerprint density at radius 2 is 2.00 bits per heavy atom. The number of ether oxygens (including phenoxy) is 1. The standard InChI is InChI=1S/C26H29N5O4S3/c1-35-12-11-28-10-8-23(32)31-26-24(19-7-9-29-15-22(19)37-26)25-30-20-6-5-17(14-21(20)36-25)16-3-2-4-18(13-16)38(27,33)34/h2-6,13-14,28-29H,7-12,15H2,1H3,(H,31,32)(H2,27,33,34). The van der Waals surface area contributed by atoms with Gasteiger partial charge in [-0.3, -0.25) is 4.79 Å². The first-order valence-corrected chi connectivity index (χ1v) is 15.4. The zero-order chi connectivity index (χ0) is 26.7. The highest BCUT2D eigenvalue weighted by Crippen LogP contribution is 2.45. The summed E-state index contributed by atoms with van der Waals surface area (Å²) in [6, 6.07) is 12.5. The molecule has 200 valence electrons. The van der Waals surface area contributed by atoms with Gasteiger partial charge in [0.2, 0.25) is 15.9 Å². The summed E-state index contributed by atoms with van der Waals surface area (Å²) in [5, 5.41) is 16.8. The number of carbonyl (C=O) groups excluding carboxylic acids is 1. The predicted molar refractivity (Wildman–Crippen MR) is 153 cm³/mol. The van der Waals surface area contributed by atoms with E-state index in [0.717, 1.165) is 56.4 Å². The van der Waals surface area contributed by atoms with Gasteiger partial charge in [-0.1, -0.05) is 18.2 Å². The van der Waals surface area contributed by atoms with Gasteiger partial charge in [-0.25, -0.2) is 18.5 Å². The number of thiazole rings is 1. The summed E-state index contributed by atoms with van der Waals surface area (Å²) in [7, 11) is -2.14. The zero-order valence-corrected chi connectivity index (χ0v) is 23.3. The van der Waals surface area contributed by atoms with Gasteiger partial charge < -0.3 is 20.7 Å². The van der Waals surface area contributed by atoms with Gasteiger partial charge in [0.15, 0.2) is 0 Å². The predicted octanol–water partition coefficient (Wildman–Crippen LogP) is 3.55. The molecular formula is C26H29N5O4S3. The summed E-state index contributed by atoms with van der Waals surface area (Å²) in [6.45, 7) is 3.54. The van der Waals surface area contributed by atoms with Crippen LogP contribution in [0.1, 0.15) is 16.9 Å². The summed E-state index contributed by atoms with van der Waals surface area (Å²) in [6.07, 6.45) is 1.24. The summed E-state index contributed by atoms with van der Waals surface area (Å²) in [4.78, 5) is 19.0. The molecule has 1 aliphatic rings. The van der Waals surface area contributed by atoms with Crippen molar-refractivity contribution in [2.45, 2.75) is 24.3 Å². The van der Waals surface area contributed by atoms with E-state index in [9.17, 15) is 13.2 Å². The van der Waals surface area contributed by atoms with Crippen molar-refractivity contribution in [1.82, 2.24) is 15.6 Å². The van der Waals surface area contributed by atoms with E-state index in [1.165, 1.54) is 16.5 Å². The van der Waals surface area contributed by atoms with E-state index in [4.69, 9.17) is 14.9 Å². The second-order valence-corrected chi connectivity index (χ2v) is 12.6. The van der Waals surface area contributed by atoms with Crippen LogP contribution in [0.3, 0.4) is 0 Å². The fourth-order valence-corrected chi connectivity index (χ4v) is 7.35. The van der Waals surface area contributed by atoms with Gasteiger partial charge in [0.1, 0.15) is 10.0 Å². The molecule has 3 heterocycles. The molecule has 0 unspecified atom stereocenters. The Hall–Kier alpha value is -2.71. The van der Waals surface area contributed by atoms with E-state index in [1.54, 1.807) is 41.9 Å². The minimum atomic E-state index is -3.79. The fraction of sp³-hybridized carbons (Fsp3) is 0.308. The number of nitrogens with two attached hydrogens (primary N) is 1.